The molecule has 1 rings (SSSR count). The number of hydrogen-bond donors (Lipinski definition) is 0. The highest BCUT2D eigenvalue weighted by Gasteiger charge is 2.13. The zero-order valence-corrected chi connectivity index (χ0v) is 5.30. The van der Waals surface area contributed by atoms with Crippen LogP contribution in [0.4, 0.5) is 8.78 Å². The van der Waals surface area contributed by atoms with E-state index in [0.29, 0.717) is 12.3 Å². The first-order chi connectivity index (χ1) is 5.11. The van der Waals surface area contributed by atoms with Gasteiger partial charge in [0.25, 0.3) is 11.9 Å². The highest BCUT2D eigenvalue weighted by atomic mass is 19.3. The van der Waals surface area contributed by atoms with Crippen molar-refractivity contribution in [3.05, 3.63) is 28.3 Å². The van der Waals surface area contributed by atoms with Gasteiger partial charge < -0.3 is 9.52 Å². The van der Waals surface area contributed by atoms with E-state index in [-0.39, 0.29) is 0 Å². The highest BCUT2D eigenvalue weighted by molar-refractivity contribution is 5.15. The Balaban J connectivity index is 3.16. The van der Waals surface area contributed by atoms with Crippen molar-refractivity contribution in [1.29, 1.82) is 0 Å². The molecule has 0 fully saturated rings. The van der Waals surface area contributed by atoms with Gasteiger partial charge in [0.15, 0.2) is 12.0 Å². The van der Waals surface area contributed by atoms with E-state index in [4.69, 9.17) is 5.11 Å². The Kier molecular flexibility index (Phi) is 1.89. The molecule has 0 bridgehead atoms. The van der Waals surface area contributed by atoms with Gasteiger partial charge in [-0.1, -0.05) is 0 Å². The molecule has 11 heavy (non-hydrogen) atoms. The fraction of sp³-hybridized carbons (Fsp3) is 0.167. The minimum absolute atomic E-state index is 0.422. The molecule has 0 radical (unpaired) electrons. The van der Waals surface area contributed by atoms with Gasteiger partial charge in [-0.05, 0) is 0 Å². The van der Waals surface area contributed by atoms with Crippen molar-refractivity contribution in [2.75, 3.05) is 0 Å². The lowest BCUT2D eigenvalue weighted by molar-refractivity contribution is 0.118. The van der Waals surface area contributed by atoms with Gasteiger partial charge in [-0.2, -0.15) is 0 Å². The Bertz CT molecular complexity index is 305. The molecule has 1 aromatic heterocycles. The van der Waals surface area contributed by atoms with Gasteiger partial charge in [0.1, 0.15) is 0 Å². The molecule has 0 aliphatic heterocycles. The summed E-state index contributed by atoms with van der Waals surface area (Å²) < 4.78 is 27.8. The zero-order valence-electron chi connectivity index (χ0n) is 5.30. The van der Waals surface area contributed by atoms with Crippen LogP contribution in [-0.4, -0.2) is 5.11 Å². The van der Waals surface area contributed by atoms with Crippen molar-refractivity contribution >= 4 is 0 Å². The summed E-state index contributed by atoms with van der Waals surface area (Å²) in [6, 6.07) is 0.618. The fourth-order valence-electron chi connectivity index (χ4n) is 0.540. The molecule has 0 saturated carbocycles. The maximum atomic E-state index is 11.8. The molecule has 2 N–H and O–H groups in total. The lowest BCUT2D eigenvalue weighted by atomic mass is 10.4. The van der Waals surface area contributed by atoms with Crippen LogP contribution in [0.3, 0.4) is 0 Å². The predicted molar refractivity (Wildman–Crippen MR) is 33.0 cm³/mol. The Morgan fingerprint density at radius 2 is 2.18 bits per heavy atom. The normalized spacial score (nSPS) is 10.5. The van der Waals surface area contributed by atoms with Crippen molar-refractivity contribution in [2.45, 2.75) is 6.43 Å². The van der Waals surface area contributed by atoms with Crippen molar-refractivity contribution in [1.82, 2.24) is 0 Å². The topological polar surface area (TPSA) is 53.1 Å². The molecule has 0 spiro atoms. The van der Waals surface area contributed by atoms with E-state index in [1.807, 2.05) is 0 Å². The Hall–Kier alpha value is -1.39. The van der Waals surface area contributed by atoms with Crippen LogP contribution in [0.25, 0.3) is 0 Å². The molecular formula is C6H5F2O3+. The number of halogens is 2. The maximum Gasteiger partial charge on any atom is 0.338 e. The van der Waals surface area contributed by atoms with Gasteiger partial charge >= 0.3 is 5.75 Å². The summed E-state index contributed by atoms with van der Waals surface area (Å²) in [5.41, 5.74) is -0.758. The molecule has 0 aromatic carbocycles. The van der Waals surface area contributed by atoms with Gasteiger partial charge in [-0.25, -0.2) is 8.78 Å². The largest absolute Gasteiger partial charge is 0.588 e. The third-order valence-corrected chi connectivity index (χ3v) is 1.07. The number of rotatable bonds is 1. The minimum atomic E-state index is -2.80. The second kappa shape index (κ2) is 2.69. The Morgan fingerprint density at radius 1 is 1.55 bits per heavy atom. The van der Waals surface area contributed by atoms with Crippen LogP contribution in [0, 0.1) is 0 Å². The quantitative estimate of drug-likeness (QED) is 0.580. The van der Waals surface area contributed by atoms with Gasteiger partial charge in [0.2, 0.25) is 0 Å². The summed E-state index contributed by atoms with van der Waals surface area (Å²) >= 11 is 0. The van der Waals surface area contributed by atoms with Gasteiger partial charge in [0, 0.05) is 6.07 Å². The predicted octanol–water partition coefficient (Wildman–Crippen LogP) is 1.02. The van der Waals surface area contributed by atoms with E-state index in [0.717, 1.165) is 0 Å². The molecule has 5 heteroatoms. The van der Waals surface area contributed by atoms with Gasteiger partial charge in [-0.3, -0.25) is 4.79 Å². The third kappa shape index (κ3) is 1.54. The fourth-order valence-corrected chi connectivity index (χ4v) is 0.540. The smallest absolute Gasteiger partial charge is 0.338 e. The first kappa shape index (κ1) is 7.71. The zero-order chi connectivity index (χ0) is 8.43. The summed E-state index contributed by atoms with van der Waals surface area (Å²) in [5.74, 6) is -1.12. The van der Waals surface area contributed by atoms with Crippen LogP contribution in [0.2, 0.25) is 0 Å². The third-order valence-electron chi connectivity index (χ3n) is 1.07. The lowest BCUT2D eigenvalue weighted by Crippen LogP contribution is -1.99. The lowest BCUT2D eigenvalue weighted by Gasteiger charge is -1.94. The van der Waals surface area contributed by atoms with E-state index >= 15 is 0 Å². The summed E-state index contributed by atoms with van der Waals surface area (Å²) in [6.45, 7) is 0. The maximum absolute atomic E-state index is 11.8. The molecule has 0 aliphatic carbocycles. The van der Waals surface area contributed by atoms with Crippen molar-refractivity contribution in [3.8, 4) is 5.75 Å². The van der Waals surface area contributed by atoms with E-state index in [9.17, 15) is 13.6 Å². The molecule has 1 heterocycles. The summed E-state index contributed by atoms with van der Waals surface area (Å²) in [5, 5.41) is 6.81. The molecule has 0 unspecified atom stereocenters. The molecule has 0 atom stereocenters. The van der Waals surface area contributed by atoms with Crippen LogP contribution in [0.1, 0.15) is 12.2 Å². The summed E-state index contributed by atoms with van der Waals surface area (Å²) in [6.07, 6.45) is -2.10. The monoisotopic (exact) mass is 163 g/mol. The van der Waals surface area contributed by atoms with E-state index in [1.54, 1.807) is 0 Å². The van der Waals surface area contributed by atoms with Crippen LogP contribution in [-0.2, 0) is 0 Å². The Labute approximate surface area is 59.9 Å². The molecule has 60 valence electrons. The first-order valence-electron chi connectivity index (χ1n) is 2.74. The van der Waals surface area contributed by atoms with Crippen molar-refractivity contribution < 1.29 is 18.3 Å². The second-order valence-corrected chi connectivity index (χ2v) is 1.86. The first-order valence-corrected chi connectivity index (χ1v) is 2.74. The van der Waals surface area contributed by atoms with Crippen LogP contribution in [0.15, 0.2) is 21.5 Å². The van der Waals surface area contributed by atoms with E-state index < -0.39 is 23.4 Å². The second-order valence-electron chi connectivity index (χ2n) is 1.86. The number of alkyl halides is 2. The average Bonchev–Trinajstić information content (AvgIpc) is 1.94. The molecular weight excluding hydrogens is 158 g/mol. The van der Waals surface area contributed by atoms with Crippen molar-refractivity contribution in [3.63, 3.8) is 0 Å². The van der Waals surface area contributed by atoms with E-state index in [1.165, 1.54) is 0 Å². The summed E-state index contributed by atoms with van der Waals surface area (Å²) in [4.78, 5) is 10.6. The number of hydrogen-bond acceptors (Lipinski definition) is 2. The van der Waals surface area contributed by atoms with Gasteiger partial charge in [-0.15, -0.1) is 0 Å². The molecule has 0 amide bonds. The minimum Gasteiger partial charge on any atom is -0.588 e. The molecule has 0 saturated heterocycles. The molecule has 0 aliphatic rings. The van der Waals surface area contributed by atoms with Crippen LogP contribution >= 0.6 is 0 Å². The van der Waals surface area contributed by atoms with Crippen LogP contribution < -0.4 is 5.43 Å². The van der Waals surface area contributed by atoms with Crippen LogP contribution in [0.5, 0.6) is 5.75 Å². The standard InChI is InChI=1S/C6H4F2O3/c7-6(8)5-1-3(9)4(10)2-11-5/h1-2,6,10H/p+1. The molecule has 3 nitrogen and oxygen atoms in total. The summed E-state index contributed by atoms with van der Waals surface area (Å²) in [7, 11) is 0. The Morgan fingerprint density at radius 3 is 2.64 bits per heavy atom. The molecule has 1 aromatic rings. The SMILES string of the molecule is O=c1cc(C(F)F)occ1[OH2+]. The van der Waals surface area contributed by atoms with Crippen molar-refractivity contribution in [2.24, 2.45) is 0 Å². The van der Waals surface area contributed by atoms with E-state index in [2.05, 4.69) is 4.42 Å². The average molecular weight is 163 g/mol. The van der Waals surface area contributed by atoms with Gasteiger partial charge in [0.05, 0.1) is 0 Å². The highest BCUT2D eigenvalue weighted by Crippen LogP contribution is 2.17.